The predicted octanol–water partition coefficient (Wildman–Crippen LogP) is 5.25. The summed E-state index contributed by atoms with van der Waals surface area (Å²) >= 11 is 0. The minimum Gasteiger partial charge on any atom is -0.367 e. The number of sulfone groups is 1. The highest BCUT2D eigenvalue weighted by Gasteiger charge is 2.39. The maximum Gasteiger partial charge on any atom is 0.175 e. The van der Waals surface area contributed by atoms with Gasteiger partial charge in [-0.05, 0) is 61.2 Å². The summed E-state index contributed by atoms with van der Waals surface area (Å²) in [5, 5.41) is 13.5. The van der Waals surface area contributed by atoms with Crippen LogP contribution in [0.15, 0.2) is 77.7 Å². The lowest BCUT2D eigenvalue weighted by molar-refractivity contribution is 0.126. The molecule has 2 atom stereocenters. The number of hydrogen-bond donors (Lipinski definition) is 1. The molecular formula is C27H28FN3O2S. The fraction of sp³-hybridized carbons (Fsp3) is 0.296. The van der Waals surface area contributed by atoms with Crippen LogP contribution in [0.25, 0.3) is 11.1 Å². The lowest BCUT2D eigenvalue weighted by atomic mass is 9.84. The summed E-state index contributed by atoms with van der Waals surface area (Å²) in [6.45, 7) is 3.68. The van der Waals surface area contributed by atoms with Gasteiger partial charge in [-0.1, -0.05) is 42.5 Å². The molecule has 5 nitrogen and oxygen atoms in total. The molecule has 0 amide bonds. The average molecular weight is 478 g/mol. The van der Waals surface area contributed by atoms with Gasteiger partial charge in [0.25, 0.3) is 0 Å². The molecule has 0 aliphatic carbocycles. The van der Waals surface area contributed by atoms with Crippen molar-refractivity contribution in [2.75, 3.05) is 18.1 Å². The van der Waals surface area contributed by atoms with Crippen LogP contribution in [-0.2, 0) is 16.4 Å². The topological polar surface area (TPSA) is 73.2 Å². The summed E-state index contributed by atoms with van der Waals surface area (Å²) in [4.78, 5) is 2.59. The quantitative estimate of drug-likeness (QED) is 0.525. The van der Waals surface area contributed by atoms with Crippen LogP contribution in [0.1, 0.15) is 25.3 Å². The lowest BCUT2D eigenvalue weighted by Crippen LogP contribution is -2.52. The molecular weight excluding hydrogens is 449 g/mol. The molecule has 1 N–H and O–H groups in total. The van der Waals surface area contributed by atoms with Gasteiger partial charge < -0.3 is 5.32 Å². The number of nitriles is 1. The Hall–Kier alpha value is -3.21. The number of halogens is 1. The van der Waals surface area contributed by atoms with Gasteiger partial charge in [-0.15, -0.1) is 0 Å². The maximum absolute atomic E-state index is 14.2. The van der Waals surface area contributed by atoms with E-state index in [1.165, 1.54) is 17.7 Å². The predicted molar refractivity (Wildman–Crippen MR) is 132 cm³/mol. The molecule has 3 aromatic rings. The van der Waals surface area contributed by atoms with Gasteiger partial charge in [-0.3, -0.25) is 4.90 Å². The van der Waals surface area contributed by atoms with Gasteiger partial charge >= 0.3 is 0 Å². The van der Waals surface area contributed by atoms with Crippen molar-refractivity contribution in [1.29, 1.82) is 5.26 Å². The van der Waals surface area contributed by atoms with Crippen LogP contribution in [-0.4, -0.2) is 37.7 Å². The Kier molecular flexibility index (Phi) is 6.74. The standard InChI is InChI=1S/C27H28FN3O2S/c1-20-17-27(19-29,14-15-31(20)18-21-6-4-3-5-7-21)30-26-16-23(28)10-13-25(26)22-8-11-24(12-9-22)34(2,32)33/h3-13,16,20,30H,14-15,17-18H2,1-2H3/t20-,27+/m0/s1. The average Bonchev–Trinajstić information content (AvgIpc) is 2.81. The Morgan fingerprint density at radius 3 is 2.44 bits per heavy atom. The fourth-order valence-corrected chi connectivity index (χ4v) is 5.23. The number of hydrogen-bond acceptors (Lipinski definition) is 5. The summed E-state index contributed by atoms with van der Waals surface area (Å²) in [5.74, 6) is -0.401. The summed E-state index contributed by atoms with van der Waals surface area (Å²) in [5.41, 5.74) is 2.39. The van der Waals surface area contributed by atoms with Crippen LogP contribution in [0.5, 0.6) is 0 Å². The fourth-order valence-electron chi connectivity index (χ4n) is 4.60. The molecule has 0 spiro atoms. The summed E-state index contributed by atoms with van der Waals surface area (Å²) in [6.07, 6.45) is 2.36. The van der Waals surface area contributed by atoms with Crippen LogP contribution < -0.4 is 5.32 Å². The molecule has 176 valence electrons. The minimum atomic E-state index is -3.31. The zero-order chi connectivity index (χ0) is 24.3. The minimum absolute atomic E-state index is 0.159. The number of rotatable bonds is 6. The van der Waals surface area contributed by atoms with E-state index in [0.717, 1.165) is 30.5 Å². The molecule has 0 radical (unpaired) electrons. The third-order valence-electron chi connectivity index (χ3n) is 6.48. The Labute approximate surface area is 200 Å². The SMILES string of the molecule is C[C@H]1C[C@](C#N)(Nc2cc(F)ccc2-c2ccc(S(C)(=O)=O)cc2)CCN1Cc1ccccc1. The van der Waals surface area contributed by atoms with E-state index in [0.29, 0.717) is 18.5 Å². The van der Waals surface area contributed by atoms with Crippen LogP contribution in [0.4, 0.5) is 10.1 Å². The first kappa shape index (κ1) is 23.9. The number of nitrogens with one attached hydrogen (secondary N) is 1. The highest BCUT2D eigenvalue weighted by atomic mass is 32.2. The zero-order valence-corrected chi connectivity index (χ0v) is 20.1. The second-order valence-electron chi connectivity index (χ2n) is 9.06. The number of nitrogens with zero attached hydrogens (tertiary/aromatic N) is 2. The molecule has 7 heteroatoms. The molecule has 34 heavy (non-hydrogen) atoms. The van der Waals surface area contributed by atoms with Crippen molar-refractivity contribution < 1.29 is 12.8 Å². The van der Waals surface area contributed by atoms with Crippen molar-refractivity contribution in [1.82, 2.24) is 4.90 Å². The van der Waals surface area contributed by atoms with Crippen molar-refractivity contribution in [3.63, 3.8) is 0 Å². The van der Waals surface area contributed by atoms with E-state index in [9.17, 15) is 18.1 Å². The first-order chi connectivity index (χ1) is 16.2. The van der Waals surface area contributed by atoms with Gasteiger partial charge in [-0.25, -0.2) is 12.8 Å². The van der Waals surface area contributed by atoms with Crippen molar-refractivity contribution in [3.8, 4) is 17.2 Å². The Balaban J connectivity index is 1.58. The molecule has 1 saturated heterocycles. The van der Waals surface area contributed by atoms with E-state index in [1.807, 2.05) is 18.2 Å². The van der Waals surface area contributed by atoms with E-state index in [4.69, 9.17) is 0 Å². The van der Waals surface area contributed by atoms with Crippen molar-refractivity contribution >= 4 is 15.5 Å². The van der Waals surface area contributed by atoms with Gasteiger partial charge in [-0.2, -0.15) is 5.26 Å². The van der Waals surface area contributed by atoms with Gasteiger partial charge in [0.1, 0.15) is 11.4 Å². The van der Waals surface area contributed by atoms with E-state index in [2.05, 4.69) is 35.3 Å². The van der Waals surface area contributed by atoms with Gasteiger partial charge in [0, 0.05) is 36.6 Å². The van der Waals surface area contributed by atoms with E-state index in [-0.39, 0.29) is 10.9 Å². The van der Waals surface area contributed by atoms with Crippen molar-refractivity contribution in [3.05, 3.63) is 84.2 Å². The number of piperidine rings is 1. The summed E-state index contributed by atoms with van der Waals surface area (Å²) < 4.78 is 37.9. The van der Waals surface area contributed by atoms with Crippen LogP contribution in [0.2, 0.25) is 0 Å². The van der Waals surface area contributed by atoms with Gasteiger partial charge in [0.15, 0.2) is 9.84 Å². The third kappa shape index (κ3) is 5.30. The van der Waals surface area contributed by atoms with E-state index >= 15 is 0 Å². The molecule has 1 aliphatic rings. The molecule has 0 saturated carbocycles. The highest BCUT2D eigenvalue weighted by molar-refractivity contribution is 7.90. The van der Waals surface area contributed by atoms with Crippen molar-refractivity contribution in [2.24, 2.45) is 0 Å². The number of benzene rings is 3. The molecule has 1 heterocycles. The normalized spacial score (nSPS) is 21.1. The van der Waals surface area contributed by atoms with E-state index < -0.39 is 21.2 Å². The second-order valence-corrected chi connectivity index (χ2v) is 11.1. The molecule has 1 aliphatic heterocycles. The zero-order valence-electron chi connectivity index (χ0n) is 19.3. The highest BCUT2D eigenvalue weighted by Crippen LogP contribution is 2.36. The molecule has 0 bridgehead atoms. The second kappa shape index (κ2) is 9.57. The molecule has 3 aromatic carbocycles. The molecule has 4 rings (SSSR count). The third-order valence-corrected chi connectivity index (χ3v) is 7.61. The largest absolute Gasteiger partial charge is 0.367 e. The molecule has 1 fully saturated rings. The van der Waals surface area contributed by atoms with Gasteiger partial charge in [0.05, 0.1) is 11.0 Å². The maximum atomic E-state index is 14.2. The Morgan fingerprint density at radius 2 is 1.82 bits per heavy atom. The smallest absolute Gasteiger partial charge is 0.175 e. The molecule has 0 unspecified atom stereocenters. The Bertz CT molecular complexity index is 1300. The van der Waals surface area contributed by atoms with Crippen LogP contribution in [0.3, 0.4) is 0 Å². The van der Waals surface area contributed by atoms with Crippen LogP contribution >= 0.6 is 0 Å². The first-order valence-corrected chi connectivity index (χ1v) is 13.2. The first-order valence-electron chi connectivity index (χ1n) is 11.3. The van der Waals surface area contributed by atoms with Crippen molar-refractivity contribution in [2.45, 2.75) is 42.8 Å². The monoisotopic (exact) mass is 477 g/mol. The summed E-state index contributed by atoms with van der Waals surface area (Å²) in [7, 11) is -3.31. The van der Waals surface area contributed by atoms with E-state index in [1.54, 1.807) is 30.3 Å². The number of likely N-dealkylation sites (tertiary alicyclic amines) is 1. The molecule has 0 aromatic heterocycles. The number of anilines is 1. The van der Waals surface area contributed by atoms with Crippen LogP contribution in [0, 0.1) is 17.1 Å². The van der Waals surface area contributed by atoms with Gasteiger partial charge in [0.2, 0.25) is 0 Å². The lowest BCUT2D eigenvalue weighted by Gasteiger charge is -2.43. The summed E-state index contributed by atoms with van der Waals surface area (Å²) in [6, 6.07) is 23.8. The Morgan fingerprint density at radius 1 is 1.12 bits per heavy atom.